The molecule has 0 radical (unpaired) electrons. The molecule has 8 heteroatoms. The summed E-state index contributed by atoms with van der Waals surface area (Å²) in [4.78, 5) is 42.0. The number of hydrogen-bond donors (Lipinski definition) is 1. The van der Waals surface area contributed by atoms with Crippen LogP contribution < -0.4 is 5.32 Å². The predicted octanol–water partition coefficient (Wildman–Crippen LogP) is 3.18. The zero-order valence-corrected chi connectivity index (χ0v) is 14.6. The maximum atomic E-state index is 13.3. The number of nitrogens with zero attached hydrogens (tertiary/aromatic N) is 2. The smallest absolute Gasteiger partial charge is 0.262 e. The number of nitrogens with one attached hydrogen (secondary N) is 1. The van der Waals surface area contributed by atoms with Crippen molar-refractivity contribution in [3.63, 3.8) is 0 Å². The molecule has 27 heavy (non-hydrogen) atoms. The fraction of sp³-hybridized carbons (Fsp3) is 0.0526. The van der Waals surface area contributed by atoms with E-state index in [0.717, 1.165) is 4.90 Å². The Balaban J connectivity index is 1.45. The molecule has 0 saturated heterocycles. The molecule has 1 aliphatic heterocycles. The van der Waals surface area contributed by atoms with Gasteiger partial charge in [-0.15, -0.1) is 11.3 Å². The molecule has 0 unspecified atom stereocenters. The van der Waals surface area contributed by atoms with Gasteiger partial charge < -0.3 is 5.32 Å². The molecule has 3 amide bonds. The molecule has 2 heterocycles. The topological polar surface area (TPSA) is 79.4 Å². The van der Waals surface area contributed by atoms with Gasteiger partial charge in [0.2, 0.25) is 5.91 Å². The van der Waals surface area contributed by atoms with Gasteiger partial charge in [0, 0.05) is 10.9 Å². The molecule has 0 spiro atoms. The first-order chi connectivity index (χ1) is 13.0. The molecule has 0 aliphatic carbocycles. The number of hydrogen-bond acceptors (Lipinski definition) is 5. The van der Waals surface area contributed by atoms with Crippen LogP contribution in [0, 0.1) is 5.82 Å². The van der Waals surface area contributed by atoms with Gasteiger partial charge in [0.05, 0.1) is 16.8 Å². The number of imide groups is 1. The summed E-state index contributed by atoms with van der Waals surface area (Å²) in [5.41, 5.74) is 1.69. The second-order valence-electron chi connectivity index (χ2n) is 5.84. The van der Waals surface area contributed by atoms with Crippen LogP contribution in [0.15, 0.2) is 53.9 Å². The highest BCUT2D eigenvalue weighted by molar-refractivity contribution is 7.14. The largest absolute Gasteiger partial charge is 0.300 e. The van der Waals surface area contributed by atoms with Crippen LogP contribution in [0.25, 0.3) is 11.3 Å². The lowest BCUT2D eigenvalue weighted by Gasteiger charge is -2.12. The molecule has 134 valence electrons. The number of rotatable bonds is 4. The van der Waals surface area contributed by atoms with Crippen molar-refractivity contribution in [2.24, 2.45) is 0 Å². The van der Waals surface area contributed by atoms with E-state index in [2.05, 4.69) is 10.3 Å². The van der Waals surface area contributed by atoms with Gasteiger partial charge in [-0.25, -0.2) is 9.37 Å². The van der Waals surface area contributed by atoms with Gasteiger partial charge in [-0.3, -0.25) is 19.3 Å². The zero-order chi connectivity index (χ0) is 19.0. The van der Waals surface area contributed by atoms with E-state index in [1.807, 2.05) is 0 Å². The van der Waals surface area contributed by atoms with Crippen molar-refractivity contribution in [2.75, 3.05) is 11.9 Å². The standard InChI is InChI=1S/C19H12FN3O3S/c20-12-5-3-4-11(8-12)15-10-27-19(21-15)22-16(24)9-23-17(25)13-6-1-2-7-14(13)18(23)26/h1-8,10H,9H2,(H,21,22,24). The fourth-order valence-corrected chi connectivity index (χ4v) is 3.53. The van der Waals surface area contributed by atoms with Crippen LogP contribution in [0.1, 0.15) is 20.7 Å². The van der Waals surface area contributed by atoms with E-state index in [1.165, 1.54) is 23.5 Å². The van der Waals surface area contributed by atoms with E-state index in [9.17, 15) is 18.8 Å². The molecule has 1 aliphatic rings. The summed E-state index contributed by atoms with van der Waals surface area (Å²) in [6.45, 7) is -0.402. The van der Waals surface area contributed by atoms with E-state index in [-0.39, 0.29) is 16.9 Å². The number of anilines is 1. The molecule has 6 nitrogen and oxygen atoms in total. The lowest BCUT2D eigenvalue weighted by Crippen LogP contribution is -2.37. The Kier molecular flexibility index (Phi) is 4.25. The van der Waals surface area contributed by atoms with Crippen molar-refractivity contribution in [3.05, 3.63) is 70.9 Å². The second kappa shape index (κ2) is 6.73. The number of carbonyl (C=O) groups excluding carboxylic acids is 3. The van der Waals surface area contributed by atoms with Gasteiger partial charge in [-0.1, -0.05) is 24.3 Å². The highest BCUT2D eigenvalue weighted by Gasteiger charge is 2.36. The minimum atomic E-state index is -0.537. The third kappa shape index (κ3) is 3.22. The Labute approximate surface area is 157 Å². The van der Waals surface area contributed by atoms with E-state index in [1.54, 1.807) is 41.8 Å². The highest BCUT2D eigenvalue weighted by atomic mass is 32.1. The van der Waals surface area contributed by atoms with Crippen molar-refractivity contribution >= 4 is 34.2 Å². The maximum Gasteiger partial charge on any atom is 0.262 e. The molecule has 0 bridgehead atoms. The lowest BCUT2D eigenvalue weighted by atomic mass is 10.1. The first kappa shape index (κ1) is 17.0. The number of fused-ring (bicyclic) bond motifs is 1. The Morgan fingerprint density at radius 1 is 1.07 bits per heavy atom. The lowest BCUT2D eigenvalue weighted by molar-refractivity contribution is -0.116. The van der Waals surface area contributed by atoms with Crippen molar-refractivity contribution < 1.29 is 18.8 Å². The molecule has 1 N–H and O–H groups in total. The Bertz CT molecular complexity index is 1040. The van der Waals surface area contributed by atoms with Crippen LogP contribution in [-0.4, -0.2) is 34.2 Å². The van der Waals surface area contributed by atoms with Gasteiger partial charge in [0.15, 0.2) is 5.13 Å². The van der Waals surface area contributed by atoms with Gasteiger partial charge in [-0.05, 0) is 24.3 Å². The number of halogens is 1. The highest BCUT2D eigenvalue weighted by Crippen LogP contribution is 2.26. The number of thiazole rings is 1. The van der Waals surface area contributed by atoms with E-state index >= 15 is 0 Å². The third-order valence-corrected chi connectivity index (χ3v) is 4.81. The van der Waals surface area contributed by atoms with Crippen LogP contribution in [-0.2, 0) is 4.79 Å². The molecular formula is C19H12FN3O3S. The van der Waals surface area contributed by atoms with Crippen LogP contribution in [0.4, 0.5) is 9.52 Å². The Morgan fingerprint density at radius 3 is 2.44 bits per heavy atom. The fourth-order valence-electron chi connectivity index (χ4n) is 2.80. The molecule has 0 atom stereocenters. The molecule has 4 rings (SSSR count). The molecule has 2 aromatic carbocycles. The van der Waals surface area contributed by atoms with Gasteiger partial charge in [0.25, 0.3) is 11.8 Å². The van der Waals surface area contributed by atoms with Gasteiger partial charge >= 0.3 is 0 Å². The second-order valence-corrected chi connectivity index (χ2v) is 6.70. The number of benzene rings is 2. The van der Waals surface area contributed by atoms with Crippen molar-refractivity contribution in [1.29, 1.82) is 0 Å². The quantitative estimate of drug-likeness (QED) is 0.704. The van der Waals surface area contributed by atoms with E-state index < -0.39 is 24.3 Å². The van der Waals surface area contributed by atoms with Crippen LogP contribution in [0.5, 0.6) is 0 Å². The summed E-state index contributed by atoms with van der Waals surface area (Å²) in [6, 6.07) is 12.4. The van der Waals surface area contributed by atoms with Crippen LogP contribution in [0.3, 0.4) is 0 Å². The van der Waals surface area contributed by atoms with Gasteiger partial charge in [0.1, 0.15) is 12.4 Å². The molecule has 1 aromatic heterocycles. The minimum Gasteiger partial charge on any atom is -0.300 e. The molecule has 0 fully saturated rings. The number of aromatic nitrogens is 1. The Morgan fingerprint density at radius 2 is 1.78 bits per heavy atom. The third-order valence-electron chi connectivity index (χ3n) is 4.05. The summed E-state index contributed by atoms with van der Waals surface area (Å²) >= 11 is 1.17. The van der Waals surface area contributed by atoms with E-state index in [0.29, 0.717) is 16.4 Å². The summed E-state index contributed by atoms with van der Waals surface area (Å²) in [5.74, 6) is -1.91. The van der Waals surface area contributed by atoms with Crippen molar-refractivity contribution in [1.82, 2.24) is 9.88 Å². The monoisotopic (exact) mass is 381 g/mol. The maximum absolute atomic E-state index is 13.3. The van der Waals surface area contributed by atoms with Gasteiger partial charge in [-0.2, -0.15) is 0 Å². The van der Waals surface area contributed by atoms with Crippen molar-refractivity contribution in [2.45, 2.75) is 0 Å². The summed E-state index contributed by atoms with van der Waals surface area (Å²) in [5, 5.41) is 4.56. The summed E-state index contributed by atoms with van der Waals surface area (Å²) in [7, 11) is 0. The van der Waals surface area contributed by atoms with Crippen LogP contribution in [0.2, 0.25) is 0 Å². The minimum absolute atomic E-state index is 0.290. The molecule has 0 saturated carbocycles. The molecule has 3 aromatic rings. The number of amides is 3. The predicted molar refractivity (Wildman–Crippen MR) is 97.9 cm³/mol. The summed E-state index contributed by atoms with van der Waals surface area (Å²) < 4.78 is 13.3. The normalized spacial score (nSPS) is 13.0. The SMILES string of the molecule is O=C(CN1C(=O)c2ccccc2C1=O)Nc1nc(-c2cccc(F)c2)cs1. The first-order valence-electron chi connectivity index (χ1n) is 7.99. The zero-order valence-electron chi connectivity index (χ0n) is 13.8. The van der Waals surface area contributed by atoms with Crippen LogP contribution >= 0.6 is 11.3 Å². The Hall–Kier alpha value is -3.39. The van der Waals surface area contributed by atoms with E-state index in [4.69, 9.17) is 0 Å². The first-order valence-corrected chi connectivity index (χ1v) is 8.87. The average Bonchev–Trinajstić information content (AvgIpc) is 3.21. The number of carbonyl (C=O) groups is 3. The summed E-state index contributed by atoms with van der Waals surface area (Å²) in [6.07, 6.45) is 0. The average molecular weight is 381 g/mol. The van der Waals surface area contributed by atoms with Crippen molar-refractivity contribution in [3.8, 4) is 11.3 Å². The molecular weight excluding hydrogens is 369 g/mol.